The van der Waals surface area contributed by atoms with Crippen molar-refractivity contribution in [2.75, 3.05) is 7.05 Å². The van der Waals surface area contributed by atoms with Crippen molar-refractivity contribution in [1.29, 1.82) is 0 Å². The smallest absolute Gasteiger partial charge is 0.353 e. The van der Waals surface area contributed by atoms with Crippen LogP contribution in [0.1, 0.15) is 11.1 Å². The average Bonchev–Trinajstić information content (AvgIpc) is 2.36. The van der Waals surface area contributed by atoms with Gasteiger partial charge in [-0.15, -0.1) is 0 Å². The first-order valence-electron chi connectivity index (χ1n) is 5.66. The SMILES string of the molecule is CN=C1C=C(c2cccc(C(F)(F)F)c2Cl)NC(N)N1. The molecule has 0 aromatic heterocycles. The van der Waals surface area contributed by atoms with E-state index in [1.807, 2.05) is 0 Å². The maximum atomic E-state index is 12.8. The molecule has 1 aromatic rings. The molecule has 20 heavy (non-hydrogen) atoms. The lowest BCUT2D eigenvalue weighted by Crippen LogP contribution is -2.53. The summed E-state index contributed by atoms with van der Waals surface area (Å²) in [7, 11) is 1.54. The second-order valence-corrected chi connectivity index (χ2v) is 4.48. The van der Waals surface area contributed by atoms with E-state index in [9.17, 15) is 13.2 Å². The highest BCUT2D eigenvalue weighted by Gasteiger charge is 2.34. The van der Waals surface area contributed by atoms with Crippen molar-refractivity contribution in [3.8, 4) is 0 Å². The van der Waals surface area contributed by atoms with Crippen LogP contribution in [0.25, 0.3) is 5.70 Å². The van der Waals surface area contributed by atoms with Crippen molar-refractivity contribution in [3.63, 3.8) is 0 Å². The molecule has 108 valence electrons. The zero-order valence-corrected chi connectivity index (χ0v) is 11.2. The van der Waals surface area contributed by atoms with Crippen molar-refractivity contribution in [3.05, 3.63) is 40.4 Å². The van der Waals surface area contributed by atoms with Gasteiger partial charge in [-0.2, -0.15) is 13.2 Å². The summed E-state index contributed by atoms with van der Waals surface area (Å²) >= 11 is 5.86. The third-order valence-electron chi connectivity index (χ3n) is 2.73. The number of hydrogen-bond acceptors (Lipinski definition) is 3. The molecule has 2 rings (SSSR count). The third-order valence-corrected chi connectivity index (χ3v) is 3.14. The summed E-state index contributed by atoms with van der Waals surface area (Å²) in [6, 6.07) is 3.72. The molecule has 0 aliphatic carbocycles. The Balaban J connectivity index is 2.51. The lowest BCUT2D eigenvalue weighted by molar-refractivity contribution is -0.137. The minimum Gasteiger partial charge on any atom is -0.353 e. The van der Waals surface area contributed by atoms with Gasteiger partial charge in [-0.3, -0.25) is 10.7 Å². The quantitative estimate of drug-likeness (QED) is 0.745. The monoisotopic (exact) mass is 304 g/mol. The molecule has 4 N–H and O–H groups in total. The average molecular weight is 305 g/mol. The highest BCUT2D eigenvalue weighted by atomic mass is 35.5. The van der Waals surface area contributed by atoms with Crippen LogP contribution in [0.4, 0.5) is 13.2 Å². The molecule has 0 spiro atoms. The predicted molar refractivity (Wildman–Crippen MR) is 72.0 cm³/mol. The van der Waals surface area contributed by atoms with Crippen LogP contribution in [0.3, 0.4) is 0 Å². The Kier molecular flexibility index (Phi) is 3.92. The summed E-state index contributed by atoms with van der Waals surface area (Å²) < 4.78 is 38.5. The number of nitrogens with zero attached hydrogens (tertiary/aromatic N) is 1. The van der Waals surface area contributed by atoms with Gasteiger partial charge in [0.2, 0.25) is 0 Å². The Hall–Kier alpha value is -1.73. The van der Waals surface area contributed by atoms with Crippen LogP contribution in [-0.2, 0) is 6.18 Å². The lowest BCUT2D eigenvalue weighted by Gasteiger charge is -2.26. The zero-order chi connectivity index (χ0) is 14.9. The standard InChI is InChI=1S/C12H12ClF3N4/c1-18-9-5-8(19-11(17)20-9)6-3-2-4-7(10(6)13)12(14,15)16/h2-5,11,19H,17H2,1H3,(H,18,20). The van der Waals surface area contributed by atoms with E-state index >= 15 is 0 Å². The molecule has 0 radical (unpaired) electrons. The molecule has 8 heteroatoms. The Bertz CT molecular complexity index is 581. The van der Waals surface area contributed by atoms with Gasteiger partial charge in [-0.1, -0.05) is 23.7 Å². The highest BCUT2D eigenvalue weighted by Crippen LogP contribution is 2.37. The molecule has 1 unspecified atom stereocenters. The summed E-state index contributed by atoms with van der Waals surface area (Å²) in [4.78, 5) is 3.92. The molecule has 0 amide bonds. The number of nitrogens with one attached hydrogen (secondary N) is 2. The maximum Gasteiger partial charge on any atom is 0.417 e. The van der Waals surface area contributed by atoms with E-state index in [1.165, 1.54) is 12.1 Å². The van der Waals surface area contributed by atoms with Gasteiger partial charge in [-0.05, 0) is 6.07 Å². The number of benzene rings is 1. The second kappa shape index (κ2) is 5.34. The first kappa shape index (κ1) is 14.7. The molecule has 1 heterocycles. The van der Waals surface area contributed by atoms with Crippen molar-refractivity contribution in [1.82, 2.24) is 10.6 Å². The van der Waals surface area contributed by atoms with Crippen molar-refractivity contribution >= 4 is 23.1 Å². The third kappa shape index (κ3) is 2.88. The van der Waals surface area contributed by atoms with E-state index in [2.05, 4.69) is 15.6 Å². The summed E-state index contributed by atoms with van der Waals surface area (Å²) in [6.45, 7) is 0. The Morgan fingerprint density at radius 2 is 2.00 bits per heavy atom. The molecule has 0 bridgehead atoms. The number of aliphatic imine (C=N–C) groups is 1. The van der Waals surface area contributed by atoms with Gasteiger partial charge in [0, 0.05) is 24.4 Å². The van der Waals surface area contributed by atoms with Crippen LogP contribution in [0.2, 0.25) is 5.02 Å². The van der Waals surface area contributed by atoms with Crippen LogP contribution in [0.5, 0.6) is 0 Å². The van der Waals surface area contributed by atoms with Gasteiger partial charge in [0.1, 0.15) is 5.84 Å². The number of rotatable bonds is 1. The second-order valence-electron chi connectivity index (χ2n) is 4.10. The number of alkyl halides is 3. The fourth-order valence-corrected chi connectivity index (χ4v) is 2.16. The molecule has 0 fully saturated rings. The molecule has 0 saturated carbocycles. The summed E-state index contributed by atoms with van der Waals surface area (Å²) in [5, 5.41) is 5.24. The summed E-state index contributed by atoms with van der Waals surface area (Å²) in [5.74, 6) is 0.458. The van der Waals surface area contributed by atoms with Gasteiger partial charge in [-0.25, -0.2) is 0 Å². The molecule has 1 aliphatic rings. The van der Waals surface area contributed by atoms with E-state index in [1.54, 1.807) is 13.1 Å². The lowest BCUT2D eigenvalue weighted by atomic mass is 10.1. The summed E-state index contributed by atoms with van der Waals surface area (Å²) in [6.07, 6.45) is -3.62. The first-order valence-corrected chi connectivity index (χ1v) is 6.04. The molecular weight excluding hydrogens is 293 g/mol. The number of amidine groups is 1. The van der Waals surface area contributed by atoms with Gasteiger partial charge in [0.25, 0.3) is 0 Å². The normalized spacial score (nSPS) is 21.2. The van der Waals surface area contributed by atoms with Gasteiger partial charge in [0.15, 0.2) is 6.29 Å². The molecule has 4 nitrogen and oxygen atoms in total. The van der Waals surface area contributed by atoms with E-state index in [4.69, 9.17) is 17.3 Å². The van der Waals surface area contributed by atoms with Gasteiger partial charge in [0.05, 0.1) is 10.6 Å². The Labute approximate surface area is 118 Å². The van der Waals surface area contributed by atoms with E-state index in [-0.39, 0.29) is 10.6 Å². The maximum absolute atomic E-state index is 12.8. The van der Waals surface area contributed by atoms with Crippen LogP contribution < -0.4 is 16.4 Å². The predicted octanol–water partition coefficient (Wildman–Crippen LogP) is 2.16. The first-order chi connectivity index (χ1) is 9.32. The fourth-order valence-electron chi connectivity index (χ4n) is 1.83. The van der Waals surface area contributed by atoms with Crippen molar-refractivity contribution in [2.45, 2.75) is 12.5 Å². The van der Waals surface area contributed by atoms with Crippen LogP contribution in [0.15, 0.2) is 29.3 Å². The number of hydrogen-bond donors (Lipinski definition) is 3. The van der Waals surface area contributed by atoms with E-state index in [0.29, 0.717) is 11.5 Å². The van der Waals surface area contributed by atoms with Gasteiger partial charge < -0.3 is 10.6 Å². The molecule has 0 saturated heterocycles. The Morgan fingerprint density at radius 1 is 1.30 bits per heavy atom. The molecule has 1 aliphatic heterocycles. The number of nitrogens with two attached hydrogens (primary N) is 1. The highest BCUT2D eigenvalue weighted by molar-refractivity contribution is 6.33. The topological polar surface area (TPSA) is 62.4 Å². The number of halogens is 4. The zero-order valence-electron chi connectivity index (χ0n) is 10.4. The molecule has 1 aromatic carbocycles. The fraction of sp³-hybridized carbons (Fsp3) is 0.250. The van der Waals surface area contributed by atoms with Crippen LogP contribution in [-0.4, -0.2) is 19.2 Å². The van der Waals surface area contributed by atoms with Gasteiger partial charge >= 0.3 is 6.18 Å². The summed E-state index contributed by atoms with van der Waals surface area (Å²) in [5.41, 5.74) is 5.41. The van der Waals surface area contributed by atoms with Crippen LogP contribution in [0, 0.1) is 0 Å². The Morgan fingerprint density at radius 3 is 2.60 bits per heavy atom. The van der Waals surface area contributed by atoms with Crippen LogP contribution >= 0.6 is 11.6 Å². The van der Waals surface area contributed by atoms with E-state index in [0.717, 1.165) is 6.07 Å². The van der Waals surface area contributed by atoms with Crippen molar-refractivity contribution in [2.24, 2.45) is 10.7 Å². The minimum atomic E-state index is -4.51. The minimum absolute atomic E-state index is 0.222. The largest absolute Gasteiger partial charge is 0.417 e. The van der Waals surface area contributed by atoms with Crippen molar-refractivity contribution < 1.29 is 13.2 Å². The molecular formula is C12H12ClF3N4. The molecule has 1 atom stereocenters. The van der Waals surface area contributed by atoms with E-state index < -0.39 is 18.0 Å².